The number of hydrogen-bond donors (Lipinski definition) is 1. The monoisotopic (exact) mass is 300 g/mol. The second kappa shape index (κ2) is 6.78. The van der Waals surface area contributed by atoms with E-state index in [1.165, 1.54) is 14.2 Å². The van der Waals surface area contributed by atoms with Gasteiger partial charge in [0.25, 0.3) is 0 Å². The van der Waals surface area contributed by atoms with Gasteiger partial charge in [0.15, 0.2) is 0 Å². The zero-order valence-electron chi connectivity index (χ0n) is 12.3. The zero-order valence-corrected chi connectivity index (χ0v) is 12.3. The van der Waals surface area contributed by atoms with Crippen LogP contribution in [0.25, 0.3) is 0 Å². The molecule has 0 aliphatic carbocycles. The minimum absolute atomic E-state index is 0.0314. The molecule has 1 aromatic carbocycles. The number of nitrogens with zero attached hydrogens (tertiary/aromatic N) is 1. The van der Waals surface area contributed by atoms with Gasteiger partial charge in [-0.25, -0.2) is 4.79 Å². The Labute approximate surface area is 128 Å². The second-order valence-electron chi connectivity index (χ2n) is 4.60. The van der Waals surface area contributed by atoms with Crippen molar-refractivity contribution in [1.29, 1.82) is 5.26 Å². The first kappa shape index (κ1) is 15.6. The van der Waals surface area contributed by atoms with Crippen LogP contribution in [0.4, 0.5) is 0 Å². The van der Waals surface area contributed by atoms with Gasteiger partial charge >= 0.3 is 5.97 Å². The first-order chi connectivity index (χ1) is 10.6. The van der Waals surface area contributed by atoms with E-state index < -0.39 is 11.9 Å². The molecule has 1 aliphatic rings. The lowest BCUT2D eigenvalue weighted by Gasteiger charge is -2.27. The van der Waals surface area contributed by atoms with E-state index in [9.17, 15) is 10.1 Å². The zero-order chi connectivity index (χ0) is 16.1. The number of hydrogen-bond acceptors (Lipinski definition) is 6. The van der Waals surface area contributed by atoms with Crippen LogP contribution < -0.4 is 5.73 Å². The number of methoxy groups -OCH3 is 2. The SMILES string of the molecule is COCC1=C(C(=O)OC)[C@@H](c2ccccc2)C(C#N)=C(N)O1. The Morgan fingerprint density at radius 1 is 1.36 bits per heavy atom. The molecular formula is C16H16N2O4. The quantitative estimate of drug-likeness (QED) is 0.848. The standard InChI is InChI=1S/C16H16N2O4/c1-20-9-12-14(16(19)21-2)13(10-6-4-3-5-7-10)11(8-17)15(18)22-12/h3-7,13H,9,18H2,1-2H3/t13-/m0/s1. The maximum atomic E-state index is 12.2. The van der Waals surface area contributed by atoms with Crippen molar-refractivity contribution < 1.29 is 19.0 Å². The second-order valence-corrected chi connectivity index (χ2v) is 4.60. The van der Waals surface area contributed by atoms with Crippen LogP contribution in [0.2, 0.25) is 0 Å². The van der Waals surface area contributed by atoms with Crippen LogP contribution in [0.15, 0.2) is 53.1 Å². The van der Waals surface area contributed by atoms with Crippen LogP contribution in [-0.2, 0) is 19.0 Å². The fourth-order valence-corrected chi connectivity index (χ4v) is 2.37. The molecule has 6 nitrogen and oxygen atoms in total. The van der Waals surface area contributed by atoms with E-state index in [-0.39, 0.29) is 29.4 Å². The summed E-state index contributed by atoms with van der Waals surface area (Å²) in [4.78, 5) is 12.2. The number of allylic oxidation sites excluding steroid dienone is 1. The van der Waals surface area contributed by atoms with E-state index in [1.54, 1.807) is 0 Å². The highest BCUT2D eigenvalue weighted by Crippen LogP contribution is 2.39. The van der Waals surface area contributed by atoms with Gasteiger partial charge in [0, 0.05) is 7.11 Å². The molecule has 0 bridgehead atoms. The van der Waals surface area contributed by atoms with Crippen molar-refractivity contribution >= 4 is 5.97 Å². The van der Waals surface area contributed by atoms with Crippen LogP contribution in [-0.4, -0.2) is 26.8 Å². The predicted molar refractivity (Wildman–Crippen MR) is 78.0 cm³/mol. The Hall–Kier alpha value is -2.78. The van der Waals surface area contributed by atoms with Gasteiger partial charge in [-0.05, 0) is 5.56 Å². The van der Waals surface area contributed by atoms with Gasteiger partial charge in [0.2, 0.25) is 5.88 Å². The highest BCUT2D eigenvalue weighted by Gasteiger charge is 2.37. The summed E-state index contributed by atoms with van der Waals surface area (Å²) < 4.78 is 15.3. The van der Waals surface area contributed by atoms with Crippen LogP contribution >= 0.6 is 0 Å². The third-order valence-electron chi connectivity index (χ3n) is 3.31. The summed E-state index contributed by atoms with van der Waals surface area (Å²) in [5.74, 6) is -1.01. The molecule has 2 N–H and O–H groups in total. The maximum absolute atomic E-state index is 12.2. The van der Waals surface area contributed by atoms with Gasteiger partial charge in [-0.15, -0.1) is 0 Å². The van der Waals surface area contributed by atoms with Crippen molar-refractivity contribution in [1.82, 2.24) is 0 Å². The van der Waals surface area contributed by atoms with Gasteiger partial charge in [-0.3, -0.25) is 0 Å². The first-order valence-electron chi connectivity index (χ1n) is 6.56. The summed E-state index contributed by atoms with van der Waals surface area (Å²) in [7, 11) is 2.75. The van der Waals surface area contributed by atoms with Crippen LogP contribution in [0, 0.1) is 11.3 Å². The lowest BCUT2D eigenvalue weighted by Crippen LogP contribution is -2.27. The van der Waals surface area contributed by atoms with Gasteiger partial charge in [-0.2, -0.15) is 5.26 Å². The molecule has 2 rings (SSSR count). The smallest absolute Gasteiger partial charge is 0.338 e. The number of rotatable bonds is 4. The third-order valence-corrected chi connectivity index (χ3v) is 3.31. The van der Waals surface area contributed by atoms with Crippen LogP contribution in [0.1, 0.15) is 11.5 Å². The van der Waals surface area contributed by atoms with Gasteiger partial charge in [-0.1, -0.05) is 30.3 Å². The number of benzene rings is 1. The van der Waals surface area contributed by atoms with Gasteiger partial charge < -0.3 is 19.9 Å². The normalized spacial score (nSPS) is 17.8. The lowest BCUT2D eigenvalue weighted by atomic mass is 9.83. The molecule has 6 heteroatoms. The fraction of sp³-hybridized carbons (Fsp3) is 0.250. The van der Waals surface area contributed by atoms with E-state index in [4.69, 9.17) is 19.9 Å². The molecular weight excluding hydrogens is 284 g/mol. The lowest BCUT2D eigenvalue weighted by molar-refractivity contribution is -0.136. The van der Waals surface area contributed by atoms with Gasteiger partial charge in [0.1, 0.15) is 24.0 Å². The molecule has 0 spiro atoms. The highest BCUT2D eigenvalue weighted by molar-refractivity contribution is 5.92. The Bertz CT molecular complexity index is 671. The molecule has 1 aromatic rings. The number of esters is 1. The van der Waals surface area contributed by atoms with Crippen molar-refractivity contribution in [3.05, 3.63) is 58.7 Å². The molecule has 0 fully saturated rings. The average molecular weight is 300 g/mol. The average Bonchev–Trinajstić information content (AvgIpc) is 2.54. The number of carbonyl (C=O) groups is 1. The number of carbonyl (C=O) groups excluding carboxylic acids is 1. The van der Waals surface area contributed by atoms with Crippen LogP contribution in [0.5, 0.6) is 0 Å². The summed E-state index contributed by atoms with van der Waals surface area (Å²) >= 11 is 0. The van der Waals surface area contributed by atoms with Gasteiger partial charge in [0.05, 0.1) is 18.6 Å². The maximum Gasteiger partial charge on any atom is 0.338 e. The number of ether oxygens (including phenoxy) is 3. The third kappa shape index (κ3) is 2.80. The summed E-state index contributed by atoms with van der Waals surface area (Å²) in [5, 5.41) is 9.41. The van der Waals surface area contributed by atoms with E-state index in [2.05, 4.69) is 0 Å². The van der Waals surface area contributed by atoms with E-state index >= 15 is 0 Å². The summed E-state index contributed by atoms with van der Waals surface area (Å²) in [5.41, 5.74) is 6.98. The Morgan fingerprint density at radius 3 is 2.59 bits per heavy atom. The molecule has 0 saturated carbocycles. The number of nitrogens with two attached hydrogens (primary N) is 1. The minimum Gasteiger partial charge on any atom is -0.466 e. The molecule has 0 saturated heterocycles. The molecule has 114 valence electrons. The summed E-state index contributed by atoms with van der Waals surface area (Å²) in [6.07, 6.45) is 0. The molecule has 0 aromatic heterocycles. The van der Waals surface area contributed by atoms with Crippen molar-refractivity contribution in [3.63, 3.8) is 0 Å². The fourth-order valence-electron chi connectivity index (χ4n) is 2.37. The Morgan fingerprint density at radius 2 is 2.05 bits per heavy atom. The van der Waals surface area contributed by atoms with Crippen molar-refractivity contribution in [3.8, 4) is 6.07 Å². The Balaban J connectivity index is 2.65. The summed E-state index contributed by atoms with van der Waals surface area (Å²) in [6, 6.07) is 11.1. The molecule has 0 amide bonds. The van der Waals surface area contributed by atoms with E-state index in [1.807, 2.05) is 36.4 Å². The van der Waals surface area contributed by atoms with Crippen molar-refractivity contribution in [2.75, 3.05) is 20.8 Å². The number of nitriles is 1. The van der Waals surface area contributed by atoms with Crippen LogP contribution in [0.3, 0.4) is 0 Å². The molecule has 0 radical (unpaired) electrons. The molecule has 1 heterocycles. The highest BCUT2D eigenvalue weighted by atomic mass is 16.5. The van der Waals surface area contributed by atoms with E-state index in [0.29, 0.717) is 0 Å². The first-order valence-corrected chi connectivity index (χ1v) is 6.56. The van der Waals surface area contributed by atoms with E-state index in [0.717, 1.165) is 5.56 Å². The van der Waals surface area contributed by atoms with Crippen molar-refractivity contribution in [2.45, 2.75) is 5.92 Å². The molecule has 1 aliphatic heterocycles. The molecule has 1 atom stereocenters. The topological polar surface area (TPSA) is 94.6 Å². The minimum atomic E-state index is -0.641. The molecule has 22 heavy (non-hydrogen) atoms. The Kier molecular flexibility index (Phi) is 4.81. The molecule has 0 unspecified atom stereocenters. The summed E-state index contributed by atoms with van der Waals surface area (Å²) in [6.45, 7) is 0.0488. The predicted octanol–water partition coefficient (Wildman–Crippen LogP) is 1.57. The largest absolute Gasteiger partial charge is 0.466 e. The van der Waals surface area contributed by atoms with Crippen molar-refractivity contribution in [2.24, 2.45) is 5.73 Å².